The normalized spacial score (nSPS) is 10.6. The van der Waals surface area contributed by atoms with Crippen LogP contribution in [-0.2, 0) is 0 Å². The number of hydrogen-bond acceptors (Lipinski definition) is 1. The molecule has 0 radical (unpaired) electrons. The first kappa shape index (κ1) is 15.5. The van der Waals surface area contributed by atoms with Crippen LogP contribution in [0.25, 0.3) is 6.08 Å². The van der Waals surface area contributed by atoms with Crippen molar-refractivity contribution in [3.8, 4) is 0 Å². The third-order valence-electron chi connectivity index (χ3n) is 2.78. The lowest BCUT2D eigenvalue weighted by molar-refractivity contribution is 0.255. The van der Waals surface area contributed by atoms with Crippen LogP contribution in [0.5, 0.6) is 0 Å². The zero-order valence-corrected chi connectivity index (χ0v) is 13.5. The van der Waals surface area contributed by atoms with Crippen LogP contribution in [0.2, 0.25) is 0 Å². The summed E-state index contributed by atoms with van der Waals surface area (Å²) in [6, 6.07) is 11.5. The molecule has 0 aliphatic rings. The molecule has 0 saturated carbocycles. The van der Waals surface area contributed by atoms with E-state index in [-0.39, 0.29) is 11.8 Å². The number of urea groups is 1. The first-order valence-corrected chi connectivity index (χ1v) is 7.38. The fourth-order valence-corrected chi connectivity index (χ4v) is 2.40. The van der Waals surface area contributed by atoms with E-state index in [9.17, 15) is 9.18 Å². The summed E-state index contributed by atoms with van der Waals surface area (Å²) in [4.78, 5) is 11.8. The minimum absolute atomic E-state index is 0.309. The predicted octanol–water partition coefficient (Wildman–Crippen LogP) is 4.53. The summed E-state index contributed by atoms with van der Waals surface area (Å²) in [6.07, 6.45) is 3.11. The van der Waals surface area contributed by atoms with Crippen molar-refractivity contribution in [3.63, 3.8) is 0 Å². The molecule has 0 bridgehead atoms. The Bertz CT molecular complexity index is 686. The summed E-state index contributed by atoms with van der Waals surface area (Å²) < 4.78 is 14.1. The minimum atomic E-state index is -0.341. The van der Waals surface area contributed by atoms with E-state index in [4.69, 9.17) is 0 Å². The van der Waals surface area contributed by atoms with E-state index in [2.05, 4.69) is 33.2 Å². The van der Waals surface area contributed by atoms with Gasteiger partial charge in [0.05, 0.1) is 0 Å². The van der Waals surface area contributed by atoms with E-state index in [1.807, 2.05) is 25.1 Å². The summed E-state index contributed by atoms with van der Waals surface area (Å²) in [5, 5.41) is 5.34. The average molecular weight is 396 g/mol. The van der Waals surface area contributed by atoms with Crippen molar-refractivity contribution >= 4 is 40.4 Å². The molecule has 0 unspecified atom stereocenters. The molecule has 2 rings (SSSR count). The van der Waals surface area contributed by atoms with Crippen LogP contribution >= 0.6 is 22.6 Å². The highest BCUT2D eigenvalue weighted by Crippen LogP contribution is 2.17. The van der Waals surface area contributed by atoms with E-state index in [0.29, 0.717) is 5.56 Å². The number of rotatable bonds is 3. The standard InChI is InChI=1S/C16H14FIN2O/c1-11-9-14(18)5-6-15(11)20-16(21)19-8-7-12-3-2-4-13(17)10-12/h2-10H,1H3,(H2,19,20,21)/b8-7+. The van der Waals surface area contributed by atoms with Crippen LogP contribution < -0.4 is 10.6 Å². The number of hydrogen-bond donors (Lipinski definition) is 2. The number of benzene rings is 2. The fraction of sp³-hybridized carbons (Fsp3) is 0.0625. The number of carbonyl (C=O) groups excluding carboxylic acids is 1. The van der Waals surface area contributed by atoms with Crippen molar-refractivity contribution in [2.45, 2.75) is 6.92 Å². The second-order valence-electron chi connectivity index (χ2n) is 4.45. The van der Waals surface area contributed by atoms with Crippen LogP contribution in [0.15, 0.2) is 48.7 Å². The second-order valence-corrected chi connectivity index (χ2v) is 5.69. The Labute approximate surface area is 136 Å². The molecule has 0 aliphatic carbocycles. The molecule has 5 heteroatoms. The number of nitrogens with one attached hydrogen (secondary N) is 2. The quantitative estimate of drug-likeness (QED) is 0.736. The van der Waals surface area contributed by atoms with Crippen molar-refractivity contribution in [2.24, 2.45) is 0 Å². The maximum absolute atomic E-state index is 13.0. The summed E-state index contributed by atoms with van der Waals surface area (Å²) in [6.45, 7) is 1.93. The molecule has 3 nitrogen and oxygen atoms in total. The number of amides is 2. The topological polar surface area (TPSA) is 41.1 Å². The Hall–Kier alpha value is -1.89. The van der Waals surface area contributed by atoms with Gasteiger partial charge in [-0.15, -0.1) is 0 Å². The third-order valence-corrected chi connectivity index (χ3v) is 3.45. The van der Waals surface area contributed by atoms with Crippen molar-refractivity contribution in [3.05, 3.63) is 69.2 Å². The van der Waals surface area contributed by atoms with Gasteiger partial charge in [0.25, 0.3) is 0 Å². The number of anilines is 1. The SMILES string of the molecule is Cc1cc(I)ccc1NC(=O)N/C=C/c1cccc(F)c1. The van der Waals surface area contributed by atoms with Crippen LogP contribution in [-0.4, -0.2) is 6.03 Å². The van der Waals surface area contributed by atoms with Gasteiger partial charge in [-0.2, -0.15) is 0 Å². The Kier molecular flexibility index (Phi) is 5.32. The predicted molar refractivity (Wildman–Crippen MR) is 91.5 cm³/mol. The lowest BCUT2D eigenvalue weighted by Gasteiger charge is -2.08. The average Bonchev–Trinajstić information content (AvgIpc) is 2.42. The Morgan fingerprint density at radius 1 is 1.24 bits per heavy atom. The molecule has 0 spiro atoms. The molecule has 2 aromatic rings. The van der Waals surface area contributed by atoms with Gasteiger partial charge in [0.2, 0.25) is 0 Å². The van der Waals surface area contributed by atoms with Gasteiger partial charge < -0.3 is 10.6 Å². The van der Waals surface area contributed by atoms with Gasteiger partial charge in [-0.1, -0.05) is 12.1 Å². The molecule has 0 fully saturated rings. The molecule has 2 aromatic carbocycles. The van der Waals surface area contributed by atoms with Crippen LogP contribution in [0.4, 0.5) is 14.9 Å². The lowest BCUT2D eigenvalue weighted by Crippen LogP contribution is -2.24. The van der Waals surface area contributed by atoms with E-state index < -0.39 is 0 Å². The highest BCUT2D eigenvalue weighted by atomic mass is 127. The molecule has 2 amide bonds. The van der Waals surface area contributed by atoms with Gasteiger partial charge >= 0.3 is 6.03 Å². The van der Waals surface area contributed by atoms with E-state index in [1.54, 1.807) is 18.2 Å². The van der Waals surface area contributed by atoms with Gasteiger partial charge in [-0.3, -0.25) is 0 Å². The van der Waals surface area contributed by atoms with Crippen molar-refractivity contribution in [1.29, 1.82) is 0 Å². The summed E-state index contributed by atoms with van der Waals surface area (Å²) in [7, 11) is 0. The highest BCUT2D eigenvalue weighted by molar-refractivity contribution is 14.1. The molecular weight excluding hydrogens is 382 g/mol. The first-order valence-electron chi connectivity index (χ1n) is 6.30. The zero-order valence-electron chi connectivity index (χ0n) is 11.4. The third kappa shape index (κ3) is 4.86. The molecule has 0 atom stereocenters. The highest BCUT2D eigenvalue weighted by Gasteiger charge is 2.02. The number of aryl methyl sites for hydroxylation is 1. The van der Waals surface area contributed by atoms with Crippen molar-refractivity contribution in [2.75, 3.05) is 5.32 Å². The van der Waals surface area contributed by atoms with Crippen molar-refractivity contribution in [1.82, 2.24) is 5.32 Å². The number of halogens is 2. The maximum Gasteiger partial charge on any atom is 0.323 e. The van der Waals surface area contributed by atoms with Gasteiger partial charge in [0.1, 0.15) is 5.82 Å². The molecule has 108 valence electrons. The molecule has 2 N–H and O–H groups in total. The van der Waals surface area contributed by atoms with E-state index in [1.165, 1.54) is 18.3 Å². The van der Waals surface area contributed by atoms with Gasteiger partial charge in [0, 0.05) is 15.5 Å². The molecular formula is C16H14FIN2O. The molecule has 0 aliphatic heterocycles. The molecule has 21 heavy (non-hydrogen) atoms. The minimum Gasteiger partial charge on any atom is -0.314 e. The van der Waals surface area contributed by atoms with E-state index >= 15 is 0 Å². The van der Waals surface area contributed by atoms with Gasteiger partial charge in [-0.05, 0) is 77.0 Å². The summed E-state index contributed by atoms with van der Waals surface area (Å²) in [5.41, 5.74) is 2.43. The Balaban J connectivity index is 1.93. The summed E-state index contributed by atoms with van der Waals surface area (Å²) in [5.74, 6) is -0.309. The number of carbonyl (C=O) groups is 1. The van der Waals surface area contributed by atoms with Crippen LogP contribution in [0.1, 0.15) is 11.1 Å². The van der Waals surface area contributed by atoms with Crippen LogP contribution in [0.3, 0.4) is 0 Å². The monoisotopic (exact) mass is 396 g/mol. The fourth-order valence-electron chi connectivity index (χ4n) is 1.75. The van der Waals surface area contributed by atoms with Gasteiger partial charge in [0.15, 0.2) is 0 Å². The molecule has 0 saturated heterocycles. The maximum atomic E-state index is 13.0. The van der Waals surface area contributed by atoms with Crippen molar-refractivity contribution < 1.29 is 9.18 Å². The first-order chi connectivity index (χ1) is 10.0. The summed E-state index contributed by atoms with van der Waals surface area (Å²) >= 11 is 2.22. The van der Waals surface area contributed by atoms with Gasteiger partial charge in [-0.25, -0.2) is 9.18 Å². The molecule has 0 aromatic heterocycles. The lowest BCUT2D eigenvalue weighted by atomic mass is 10.2. The Morgan fingerprint density at radius 2 is 2.05 bits per heavy atom. The largest absolute Gasteiger partial charge is 0.323 e. The smallest absolute Gasteiger partial charge is 0.314 e. The van der Waals surface area contributed by atoms with E-state index in [0.717, 1.165) is 14.8 Å². The second kappa shape index (κ2) is 7.21. The molecule has 0 heterocycles. The van der Waals surface area contributed by atoms with Crippen LogP contribution in [0, 0.1) is 16.3 Å². The Morgan fingerprint density at radius 3 is 2.76 bits per heavy atom. The zero-order chi connectivity index (χ0) is 15.2.